The molecule has 3 nitrogen and oxygen atoms in total. The molecule has 0 bridgehead atoms. The van der Waals surface area contributed by atoms with Crippen molar-refractivity contribution in [3.05, 3.63) is 0 Å². The lowest BCUT2D eigenvalue weighted by Gasteiger charge is -2.27. The molecule has 0 aromatic rings. The Morgan fingerprint density at radius 1 is 1.36 bits per heavy atom. The van der Waals surface area contributed by atoms with Crippen molar-refractivity contribution in [2.24, 2.45) is 0 Å². The first-order valence-electron chi connectivity index (χ1n) is 5.58. The molecule has 1 unspecified atom stereocenters. The number of nitrogens with zero attached hydrogens (tertiary/aromatic N) is 1. The van der Waals surface area contributed by atoms with Gasteiger partial charge in [-0.15, -0.1) is 0 Å². The van der Waals surface area contributed by atoms with Gasteiger partial charge in [-0.25, -0.2) is 4.79 Å². The molecule has 0 saturated carbocycles. The van der Waals surface area contributed by atoms with Crippen molar-refractivity contribution in [3.8, 4) is 0 Å². The quantitative estimate of drug-likeness (QED) is 0.650. The molecule has 1 aliphatic heterocycles. The van der Waals surface area contributed by atoms with Crippen LogP contribution in [0.2, 0.25) is 0 Å². The van der Waals surface area contributed by atoms with E-state index in [1.54, 1.807) is 0 Å². The van der Waals surface area contributed by atoms with Crippen LogP contribution in [0.25, 0.3) is 0 Å². The number of hydrogen-bond donors (Lipinski definition) is 0. The number of likely N-dealkylation sites (tertiary alicyclic amines) is 1. The summed E-state index contributed by atoms with van der Waals surface area (Å²) in [5.41, 5.74) is 0. The zero-order valence-electron chi connectivity index (χ0n) is 9.45. The van der Waals surface area contributed by atoms with Gasteiger partial charge in [0.25, 0.3) is 0 Å². The van der Waals surface area contributed by atoms with Gasteiger partial charge in [0.1, 0.15) is 0 Å². The molecule has 0 aromatic carbocycles. The summed E-state index contributed by atoms with van der Waals surface area (Å²) >= 11 is 0. The number of carbonyl (C=O) groups excluding carboxylic acids is 1. The van der Waals surface area contributed by atoms with Gasteiger partial charge in [0.05, 0.1) is 6.10 Å². The normalized spacial score (nSPS) is 23.4. The molecule has 1 rings (SSSR count). The minimum atomic E-state index is -0.144. The van der Waals surface area contributed by atoms with E-state index in [9.17, 15) is 4.79 Å². The van der Waals surface area contributed by atoms with Crippen molar-refractivity contribution in [2.45, 2.75) is 58.6 Å². The summed E-state index contributed by atoms with van der Waals surface area (Å²) in [7, 11) is 0. The van der Waals surface area contributed by atoms with E-state index in [2.05, 4.69) is 6.92 Å². The zero-order chi connectivity index (χ0) is 10.6. The Bertz CT molecular complexity index is 192. The molecule has 1 atom stereocenters. The maximum Gasteiger partial charge on any atom is 0.410 e. The zero-order valence-corrected chi connectivity index (χ0v) is 9.45. The standard InChI is InChI=1S/C11H21NO2/c1-9(2)14-11(13)12-8-6-4-5-7-10(12)3/h9-10H,4-8H2,1-3H3. The maximum absolute atomic E-state index is 11.7. The molecular formula is C11H21NO2. The lowest BCUT2D eigenvalue weighted by Crippen LogP contribution is -2.39. The Balaban J connectivity index is 2.50. The molecule has 1 fully saturated rings. The van der Waals surface area contributed by atoms with Crippen molar-refractivity contribution >= 4 is 6.09 Å². The van der Waals surface area contributed by atoms with Gasteiger partial charge < -0.3 is 9.64 Å². The largest absolute Gasteiger partial charge is 0.447 e. The maximum atomic E-state index is 11.7. The molecule has 1 amide bonds. The highest BCUT2D eigenvalue weighted by molar-refractivity contribution is 5.68. The second-order valence-corrected chi connectivity index (χ2v) is 4.32. The van der Waals surface area contributed by atoms with Crippen LogP contribution in [0.15, 0.2) is 0 Å². The van der Waals surface area contributed by atoms with Crippen molar-refractivity contribution in [2.75, 3.05) is 6.54 Å². The van der Waals surface area contributed by atoms with E-state index < -0.39 is 0 Å². The predicted octanol–water partition coefficient (Wildman–Crippen LogP) is 2.80. The fourth-order valence-electron chi connectivity index (χ4n) is 1.82. The van der Waals surface area contributed by atoms with Crippen LogP contribution in [0.4, 0.5) is 4.79 Å². The SMILES string of the molecule is CC(C)OC(=O)N1CCCCCC1C. The molecule has 14 heavy (non-hydrogen) atoms. The molecule has 0 radical (unpaired) electrons. The van der Waals surface area contributed by atoms with Crippen LogP contribution in [0, 0.1) is 0 Å². The molecule has 1 saturated heterocycles. The second-order valence-electron chi connectivity index (χ2n) is 4.32. The van der Waals surface area contributed by atoms with Gasteiger partial charge in [-0.3, -0.25) is 0 Å². The monoisotopic (exact) mass is 199 g/mol. The number of ether oxygens (including phenoxy) is 1. The van der Waals surface area contributed by atoms with Gasteiger partial charge in [-0.05, 0) is 33.6 Å². The summed E-state index contributed by atoms with van der Waals surface area (Å²) in [6, 6.07) is 0.337. The van der Waals surface area contributed by atoms with E-state index in [0.717, 1.165) is 19.4 Å². The molecule has 0 aliphatic carbocycles. The van der Waals surface area contributed by atoms with E-state index in [1.807, 2.05) is 18.7 Å². The van der Waals surface area contributed by atoms with E-state index in [1.165, 1.54) is 12.8 Å². The molecule has 0 N–H and O–H groups in total. The van der Waals surface area contributed by atoms with Crippen LogP contribution in [-0.4, -0.2) is 29.7 Å². The Morgan fingerprint density at radius 2 is 2.07 bits per heavy atom. The predicted molar refractivity (Wildman–Crippen MR) is 56.3 cm³/mol. The highest BCUT2D eigenvalue weighted by Gasteiger charge is 2.23. The summed E-state index contributed by atoms with van der Waals surface area (Å²) in [6.45, 7) is 6.74. The van der Waals surface area contributed by atoms with Crippen LogP contribution < -0.4 is 0 Å². The van der Waals surface area contributed by atoms with Gasteiger partial charge in [0, 0.05) is 12.6 Å². The highest BCUT2D eigenvalue weighted by Crippen LogP contribution is 2.17. The Hall–Kier alpha value is -0.730. The molecule has 82 valence electrons. The molecule has 0 aromatic heterocycles. The van der Waals surface area contributed by atoms with E-state index in [0.29, 0.717) is 6.04 Å². The van der Waals surface area contributed by atoms with Gasteiger partial charge in [0.2, 0.25) is 0 Å². The summed E-state index contributed by atoms with van der Waals surface area (Å²) < 4.78 is 5.20. The first kappa shape index (κ1) is 11.3. The molecular weight excluding hydrogens is 178 g/mol. The fraction of sp³-hybridized carbons (Fsp3) is 0.909. The van der Waals surface area contributed by atoms with Crippen LogP contribution >= 0.6 is 0 Å². The first-order chi connectivity index (χ1) is 6.61. The van der Waals surface area contributed by atoms with E-state index >= 15 is 0 Å². The molecule has 1 aliphatic rings. The second kappa shape index (κ2) is 5.23. The van der Waals surface area contributed by atoms with Gasteiger partial charge in [-0.1, -0.05) is 12.8 Å². The summed E-state index contributed by atoms with van der Waals surface area (Å²) in [4.78, 5) is 13.5. The van der Waals surface area contributed by atoms with Crippen LogP contribution in [-0.2, 0) is 4.74 Å². The summed E-state index contributed by atoms with van der Waals surface area (Å²) in [6.07, 6.45) is 4.51. The number of carbonyl (C=O) groups is 1. The van der Waals surface area contributed by atoms with Crippen LogP contribution in [0.3, 0.4) is 0 Å². The van der Waals surface area contributed by atoms with Gasteiger partial charge in [0.15, 0.2) is 0 Å². The lowest BCUT2D eigenvalue weighted by molar-refractivity contribution is 0.0665. The lowest BCUT2D eigenvalue weighted by atomic mass is 10.1. The molecule has 0 spiro atoms. The Kier molecular flexibility index (Phi) is 4.23. The number of hydrogen-bond acceptors (Lipinski definition) is 2. The van der Waals surface area contributed by atoms with E-state index in [4.69, 9.17) is 4.74 Å². The summed E-state index contributed by atoms with van der Waals surface area (Å²) in [5.74, 6) is 0. The van der Waals surface area contributed by atoms with Gasteiger partial charge in [-0.2, -0.15) is 0 Å². The van der Waals surface area contributed by atoms with Crippen molar-refractivity contribution in [1.29, 1.82) is 0 Å². The highest BCUT2D eigenvalue weighted by atomic mass is 16.6. The third kappa shape index (κ3) is 3.20. The molecule has 3 heteroatoms. The minimum absolute atomic E-state index is 0.0158. The van der Waals surface area contributed by atoms with Crippen LogP contribution in [0.1, 0.15) is 46.5 Å². The first-order valence-corrected chi connectivity index (χ1v) is 5.58. The topological polar surface area (TPSA) is 29.5 Å². The van der Waals surface area contributed by atoms with Crippen LogP contribution in [0.5, 0.6) is 0 Å². The number of amides is 1. The minimum Gasteiger partial charge on any atom is -0.447 e. The van der Waals surface area contributed by atoms with Crippen molar-refractivity contribution in [1.82, 2.24) is 4.90 Å². The summed E-state index contributed by atoms with van der Waals surface area (Å²) in [5, 5.41) is 0. The fourth-order valence-corrected chi connectivity index (χ4v) is 1.82. The average Bonchev–Trinajstić information content (AvgIpc) is 2.28. The molecule has 1 heterocycles. The van der Waals surface area contributed by atoms with Crippen molar-refractivity contribution < 1.29 is 9.53 Å². The third-order valence-electron chi connectivity index (χ3n) is 2.62. The average molecular weight is 199 g/mol. The van der Waals surface area contributed by atoms with Gasteiger partial charge >= 0.3 is 6.09 Å². The Labute approximate surface area is 86.4 Å². The van der Waals surface area contributed by atoms with Crippen molar-refractivity contribution in [3.63, 3.8) is 0 Å². The Morgan fingerprint density at radius 3 is 2.71 bits per heavy atom. The number of rotatable bonds is 1. The smallest absolute Gasteiger partial charge is 0.410 e. The third-order valence-corrected chi connectivity index (χ3v) is 2.62. The van der Waals surface area contributed by atoms with E-state index in [-0.39, 0.29) is 12.2 Å².